The summed E-state index contributed by atoms with van der Waals surface area (Å²) >= 11 is 6.03. The summed E-state index contributed by atoms with van der Waals surface area (Å²) in [5, 5.41) is 6.31. The Morgan fingerprint density at radius 2 is 1.96 bits per heavy atom. The molecule has 6 nitrogen and oxygen atoms in total. The molecule has 0 spiro atoms. The van der Waals surface area contributed by atoms with Crippen molar-refractivity contribution >= 4 is 29.0 Å². The van der Waals surface area contributed by atoms with Crippen LogP contribution in [0.4, 0.5) is 11.5 Å². The first kappa shape index (κ1) is 17.0. The van der Waals surface area contributed by atoms with Gasteiger partial charge in [0.05, 0.1) is 24.5 Å². The fourth-order valence-corrected chi connectivity index (χ4v) is 2.09. The molecule has 1 aromatic carbocycles. The standard InChI is InChI=1S/C16H19ClN4O2/c1-16(2,3)21-14-9-18-12(8-19-14)15(22)20-10-5-6-13(23-4)11(17)7-10/h5-9H,1-4H3,(H,19,21)(H,20,22). The number of methoxy groups -OCH3 is 1. The van der Waals surface area contributed by atoms with Gasteiger partial charge in [-0.25, -0.2) is 9.97 Å². The van der Waals surface area contributed by atoms with E-state index in [1.807, 2.05) is 20.8 Å². The number of benzene rings is 1. The minimum Gasteiger partial charge on any atom is -0.495 e. The zero-order valence-corrected chi connectivity index (χ0v) is 14.2. The smallest absolute Gasteiger partial charge is 0.275 e. The maximum Gasteiger partial charge on any atom is 0.275 e. The van der Waals surface area contributed by atoms with Gasteiger partial charge in [0.25, 0.3) is 5.91 Å². The highest BCUT2D eigenvalue weighted by atomic mass is 35.5. The molecule has 23 heavy (non-hydrogen) atoms. The summed E-state index contributed by atoms with van der Waals surface area (Å²) in [5.74, 6) is 0.796. The van der Waals surface area contributed by atoms with Crippen LogP contribution in [0.1, 0.15) is 31.3 Å². The average Bonchev–Trinajstić information content (AvgIpc) is 2.46. The predicted molar refractivity (Wildman–Crippen MR) is 91.4 cm³/mol. The highest BCUT2D eigenvalue weighted by Gasteiger charge is 2.13. The van der Waals surface area contributed by atoms with Crippen LogP contribution in [-0.2, 0) is 0 Å². The van der Waals surface area contributed by atoms with E-state index in [0.717, 1.165) is 0 Å². The number of hydrogen-bond donors (Lipinski definition) is 2. The summed E-state index contributed by atoms with van der Waals surface area (Å²) in [7, 11) is 1.53. The maximum atomic E-state index is 12.2. The Morgan fingerprint density at radius 3 is 2.48 bits per heavy atom. The molecule has 0 saturated heterocycles. The van der Waals surface area contributed by atoms with Crippen molar-refractivity contribution < 1.29 is 9.53 Å². The number of nitrogens with zero attached hydrogens (tertiary/aromatic N) is 2. The van der Waals surface area contributed by atoms with Gasteiger partial charge in [-0.05, 0) is 39.0 Å². The summed E-state index contributed by atoms with van der Waals surface area (Å²) < 4.78 is 5.07. The SMILES string of the molecule is COc1ccc(NC(=O)c2cnc(NC(C)(C)C)cn2)cc1Cl. The Labute approximate surface area is 140 Å². The number of halogens is 1. The second-order valence-electron chi connectivity index (χ2n) is 5.97. The molecule has 2 rings (SSSR count). The van der Waals surface area contributed by atoms with Gasteiger partial charge in [-0.15, -0.1) is 0 Å². The van der Waals surface area contributed by atoms with E-state index in [4.69, 9.17) is 16.3 Å². The lowest BCUT2D eigenvalue weighted by Crippen LogP contribution is -2.27. The normalized spacial score (nSPS) is 11.0. The first-order valence-corrected chi connectivity index (χ1v) is 7.41. The lowest BCUT2D eigenvalue weighted by atomic mass is 10.1. The topological polar surface area (TPSA) is 76.1 Å². The van der Waals surface area contributed by atoms with Gasteiger partial charge in [0, 0.05) is 11.2 Å². The van der Waals surface area contributed by atoms with Crippen LogP contribution in [-0.4, -0.2) is 28.5 Å². The number of nitrogens with one attached hydrogen (secondary N) is 2. The van der Waals surface area contributed by atoms with Gasteiger partial charge in [0.1, 0.15) is 17.3 Å². The number of amides is 1. The molecule has 0 saturated carbocycles. The number of hydrogen-bond acceptors (Lipinski definition) is 5. The second-order valence-corrected chi connectivity index (χ2v) is 6.37. The van der Waals surface area contributed by atoms with Crippen molar-refractivity contribution in [2.75, 3.05) is 17.7 Å². The lowest BCUT2D eigenvalue weighted by Gasteiger charge is -2.20. The van der Waals surface area contributed by atoms with E-state index < -0.39 is 0 Å². The number of rotatable bonds is 4. The zero-order chi connectivity index (χ0) is 17.0. The molecule has 0 radical (unpaired) electrons. The molecule has 0 atom stereocenters. The molecule has 2 N–H and O–H groups in total. The van der Waals surface area contributed by atoms with Crippen LogP contribution in [0.3, 0.4) is 0 Å². The second kappa shape index (κ2) is 6.83. The van der Waals surface area contributed by atoms with Gasteiger partial charge in [-0.3, -0.25) is 4.79 Å². The van der Waals surface area contributed by atoms with Gasteiger partial charge >= 0.3 is 0 Å². The largest absolute Gasteiger partial charge is 0.495 e. The third-order valence-corrected chi connectivity index (χ3v) is 3.09. The highest BCUT2D eigenvalue weighted by molar-refractivity contribution is 6.32. The van der Waals surface area contributed by atoms with E-state index >= 15 is 0 Å². The fourth-order valence-electron chi connectivity index (χ4n) is 1.83. The van der Waals surface area contributed by atoms with Gasteiger partial charge in [-0.2, -0.15) is 0 Å². The Balaban J connectivity index is 2.07. The molecule has 0 bridgehead atoms. The van der Waals surface area contributed by atoms with Gasteiger partial charge in [-0.1, -0.05) is 11.6 Å². The Bertz CT molecular complexity index is 696. The average molecular weight is 335 g/mol. The van der Waals surface area contributed by atoms with E-state index in [-0.39, 0.29) is 17.1 Å². The highest BCUT2D eigenvalue weighted by Crippen LogP contribution is 2.27. The molecule has 0 aliphatic carbocycles. The third kappa shape index (κ3) is 4.82. The van der Waals surface area contributed by atoms with E-state index in [1.165, 1.54) is 19.5 Å². The molecule has 1 amide bonds. The number of carbonyl (C=O) groups excluding carboxylic acids is 1. The van der Waals surface area contributed by atoms with Crippen LogP contribution in [0.15, 0.2) is 30.6 Å². The Morgan fingerprint density at radius 1 is 1.22 bits per heavy atom. The molecule has 122 valence electrons. The molecule has 7 heteroatoms. The molecular formula is C16H19ClN4O2. The molecule has 2 aromatic rings. The Hall–Kier alpha value is -2.34. The molecule has 0 fully saturated rings. The molecule has 0 unspecified atom stereocenters. The van der Waals surface area contributed by atoms with Crippen molar-refractivity contribution in [1.82, 2.24) is 9.97 Å². The Kier molecular flexibility index (Phi) is 5.05. The van der Waals surface area contributed by atoms with Crippen LogP contribution in [0.5, 0.6) is 5.75 Å². The number of ether oxygens (including phenoxy) is 1. The minimum atomic E-state index is -0.360. The summed E-state index contributed by atoms with van der Waals surface area (Å²) in [6.45, 7) is 6.05. The van der Waals surface area contributed by atoms with Gasteiger partial charge < -0.3 is 15.4 Å². The minimum absolute atomic E-state index is 0.127. The van der Waals surface area contributed by atoms with Crippen LogP contribution < -0.4 is 15.4 Å². The number of aromatic nitrogens is 2. The predicted octanol–water partition coefficient (Wildman–Crippen LogP) is 3.60. The molecule has 1 aromatic heterocycles. The van der Waals surface area contributed by atoms with E-state index in [9.17, 15) is 4.79 Å². The van der Waals surface area contributed by atoms with Crippen LogP contribution >= 0.6 is 11.6 Å². The van der Waals surface area contributed by atoms with E-state index in [1.54, 1.807) is 18.2 Å². The van der Waals surface area contributed by atoms with Gasteiger partial charge in [0.15, 0.2) is 0 Å². The van der Waals surface area contributed by atoms with Crippen molar-refractivity contribution in [3.8, 4) is 5.75 Å². The van der Waals surface area contributed by atoms with Crippen LogP contribution in [0, 0.1) is 0 Å². The summed E-state index contributed by atoms with van der Waals surface area (Å²) in [6, 6.07) is 4.99. The first-order chi connectivity index (χ1) is 10.8. The zero-order valence-electron chi connectivity index (χ0n) is 13.5. The summed E-state index contributed by atoms with van der Waals surface area (Å²) in [6.07, 6.45) is 2.95. The molecule has 0 aliphatic heterocycles. The fraction of sp³-hybridized carbons (Fsp3) is 0.312. The molecular weight excluding hydrogens is 316 g/mol. The summed E-state index contributed by atoms with van der Waals surface area (Å²) in [5.41, 5.74) is 0.647. The maximum absolute atomic E-state index is 12.2. The van der Waals surface area contributed by atoms with Crippen molar-refractivity contribution in [1.29, 1.82) is 0 Å². The number of anilines is 2. The third-order valence-electron chi connectivity index (χ3n) is 2.80. The molecule has 1 heterocycles. The molecule has 0 aliphatic rings. The summed E-state index contributed by atoms with van der Waals surface area (Å²) in [4.78, 5) is 20.5. The van der Waals surface area contributed by atoms with E-state index in [0.29, 0.717) is 22.3 Å². The first-order valence-electron chi connectivity index (χ1n) is 7.03. The lowest BCUT2D eigenvalue weighted by molar-refractivity contribution is 0.102. The van der Waals surface area contributed by atoms with Crippen LogP contribution in [0.25, 0.3) is 0 Å². The van der Waals surface area contributed by atoms with Crippen LogP contribution in [0.2, 0.25) is 5.02 Å². The quantitative estimate of drug-likeness (QED) is 0.893. The monoisotopic (exact) mass is 334 g/mol. The number of carbonyl (C=O) groups is 1. The van der Waals surface area contributed by atoms with Crippen molar-refractivity contribution in [3.05, 3.63) is 41.3 Å². The van der Waals surface area contributed by atoms with Crippen molar-refractivity contribution in [3.63, 3.8) is 0 Å². The van der Waals surface area contributed by atoms with Crippen molar-refractivity contribution in [2.45, 2.75) is 26.3 Å². The van der Waals surface area contributed by atoms with E-state index in [2.05, 4.69) is 20.6 Å². The van der Waals surface area contributed by atoms with Gasteiger partial charge in [0.2, 0.25) is 0 Å². The van der Waals surface area contributed by atoms with Crippen molar-refractivity contribution in [2.24, 2.45) is 0 Å².